The Kier molecular flexibility index (Phi) is 7.15. The maximum atomic E-state index is 12.2. The SMILES string of the molecule is COCCNCC(=O)N(Cc1ccccc1)C(C)C. The zero-order valence-corrected chi connectivity index (χ0v) is 12.1. The van der Waals surface area contributed by atoms with Gasteiger partial charge in [0.2, 0.25) is 5.91 Å². The molecule has 0 aliphatic heterocycles. The Bertz CT molecular complexity index is 366. The Balaban J connectivity index is 2.50. The van der Waals surface area contributed by atoms with Crippen molar-refractivity contribution >= 4 is 5.91 Å². The summed E-state index contributed by atoms with van der Waals surface area (Å²) in [6.07, 6.45) is 0. The van der Waals surface area contributed by atoms with Crippen LogP contribution in [0, 0.1) is 0 Å². The fourth-order valence-corrected chi connectivity index (χ4v) is 1.81. The van der Waals surface area contributed by atoms with Gasteiger partial charge in [0.15, 0.2) is 0 Å². The average Bonchev–Trinajstić information content (AvgIpc) is 2.41. The maximum absolute atomic E-state index is 12.2. The Labute approximate surface area is 115 Å². The fraction of sp³-hybridized carbons (Fsp3) is 0.533. The van der Waals surface area contributed by atoms with E-state index in [1.54, 1.807) is 7.11 Å². The van der Waals surface area contributed by atoms with Gasteiger partial charge in [-0.3, -0.25) is 4.79 Å². The molecule has 19 heavy (non-hydrogen) atoms. The van der Waals surface area contributed by atoms with Gasteiger partial charge in [0.25, 0.3) is 0 Å². The Morgan fingerprint density at radius 2 is 2.00 bits per heavy atom. The highest BCUT2D eigenvalue weighted by Gasteiger charge is 2.16. The Morgan fingerprint density at radius 3 is 2.58 bits per heavy atom. The first kappa shape index (κ1) is 15.7. The highest BCUT2D eigenvalue weighted by molar-refractivity contribution is 5.78. The number of amides is 1. The van der Waals surface area contributed by atoms with Crippen LogP contribution in [0.1, 0.15) is 19.4 Å². The van der Waals surface area contributed by atoms with Gasteiger partial charge in [-0.15, -0.1) is 0 Å². The van der Waals surface area contributed by atoms with Crippen molar-refractivity contribution in [3.05, 3.63) is 35.9 Å². The van der Waals surface area contributed by atoms with Crippen LogP contribution in [-0.4, -0.2) is 43.7 Å². The van der Waals surface area contributed by atoms with Gasteiger partial charge in [0.1, 0.15) is 0 Å². The number of ether oxygens (including phenoxy) is 1. The van der Waals surface area contributed by atoms with Gasteiger partial charge >= 0.3 is 0 Å². The number of methoxy groups -OCH3 is 1. The van der Waals surface area contributed by atoms with Crippen molar-refractivity contribution in [1.82, 2.24) is 10.2 Å². The average molecular weight is 264 g/mol. The van der Waals surface area contributed by atoms with E-state index in [1.807, 2.05) is 49.1 Å². The van der Waals surface area contributed by atoms with Crippen LogP contribution in [-0.2, 0) is 16.1 Å². The summed E-state index contributed by atoms with van der Waals surface area (Å²) in [6.45, 7) is 6.40. The first-order valence-electron chi connectivity index (χ1n) is 6.68. The molecule has 1 aromatic carbocycles. The molecule has 0 fully saturated rings. The van der Waals surface area contributed by atoms with Crippen molar-refractivity contribution in [3.63, 3.8) is 0 Å². The highest BCUT2D eigenvalue weighted by atomic mass is 16.5. The second-order valence-electron chi connectivity index (χ2n) is 4.77. The summed E-state index contributed by atoms with van der Waals surface area (Å²) >= 11 is 0. The summed E-state index contributed by atoms with van der Waals surface area (Å²) in [7, 11) is 1.65. The third-order valence-corrected chi connectivity index (χ3v) is 2.90. The van der Waals surface area contributed by atoms with E-state index in [0.29, 0.717) is 26.2 Å². The number of rotatable bonds is 8. The van der Waals surface area contributed by atoms with Gasteiger partial charge in [-0.05, 0) is 19.4 Å². The molecule has 0 bridgehead atoms. The van der Waals surface area contributed by atoms with Gasteiger partial charge < -0.3 is 15.0 Å². The molecule has 1 N–H and O–H groups in total. The van der Waals surface area contributed by atoms with E-state index in [1.165, 1.54) is 0 Å². The second-order valence-corrected chi connectivity index (χ2v) is 4.77. The molecule has 0 radical (unpaired) electrons. The lowest BCUT2D eigenvalue weighted by Gasteiger charge is -2.27. The molecule has 0 aliphatic carbocycles. The summed E-state index contributed by atoms with van der Waals surface area (Å²) < 4.78 is 4.94. The summed E-state index contributed by atoms with van der Waals surface area (Å²) in [5.74, 6) is 0.120. The van der Waals surface area contributed by atoms with Crippen LogP contribution in [0.15, 0.2) is 30.3 Å². The topological polar surface area (TPSA) is 41.6 Å². The lowest BCUT2D eigenvalue weighted by atomic mass is 10.2. The van der Waals surface area contributed by atoms with Gasteiger partial charge in [0.05, 0.1) is 13.2 Å². The minimum atomic E-state index is 0.120. The molecule has 0 aliphatic rings. The molecule has 1 aromatic rings. The van der Waals surface area contributed by atoms with Crippen LogP contribution < -0.4 is 5.32 Å². The molecule has 1 rings (SSSR count). The molecular weight excluding hydrogens is 240 g/mol. The molecule has 0 aromatic heterocycles. The zero-order valence-electron chi connectivity index (χ0n) is 12.1. The number of nitrogens with one attached hydrogen (secondary N) is 1. The quantitative estimate of drug-likeness (QED) is 0.726. The van der Waals surface area contributed by atoms with Crippen molar-refractivity contribution in [2.75, 3.05) is 26.8 Å². The van der Waals surface area contributed by atoms with Gasteiger partial charge in [-0.25, -0.2) is 0 Å². The van der Waals surface area contributed by atoms with Crippen LogP contribution in [0.3, 0.4) is 0 Å². The first-order valence-corrected chi connectivity index (χ1v) is 6.68. The minimum absolute atomic E-state index is 0.120. The van der Waals surface area contributed by atoms with Crippen molar-refractivity contribution < 1.29 is 9.53 Å². The third kappa shape index (κ3) is 5.85. The number of carbonyl (C=O) groups excluding carboxylic acids is 1. The summed E-state index contributed by atoms with van der Waals surface area (Å²) in [5, 5.41) is 3.09. The van der Waals surface area contributed by atoms with E-state index in [4.69, 9.17) is 4.74 Å². The third-order valence-electron chi connectivity index (χ3n) is 2.90. The van der Waals surface area contributed by atoms with E-state index in [2.05, 4.69) is 5.32 Å². The van der Waals surface area contributed by atoms with Crippen LogP contribution in [0.25, 0.3) is 0 Å². The van der Waals surface area contributed by atoms with Gasteiger partial charge in [-0.1, -0.05) is 30.3 Å². The minimum Gasteiger partial charge on any atom is -0.383 e. The van der Waals surface area contributed by atoms with Gasteiger partial charge in [-0.2, -0.15) is 0 Å². The lowest BCUT2D eigenvalue weighted by molar-refractivity contribution is -0.132. The van der Waals surface area contributed by atoms with Crippen molar-refractivity contribution in [1.29, 1.82) is 0 Å². The number of benzene rings is 1. The number of hydrogen-bond acceptors (Lipinski definition) is 3. The molecular formula is C15H24N2O2. The van der Waals surface area contributed by atoms with Crippen LogP contribution in [0.4, 0.5) is 0 Å². The van der Waals surface area contributed by atoms with E-state index in [0.717, 1.165) is 5.56 Å². The first-order chi connectivity index (χ1) is 9.15. The van der Waals surface area contributed by atoms with Crippen LogP contribution >= 0.6 is 0 Å². The van der Waals surface area contributed by atoms with E-state index in [9.17, 15) is 4.79 Å². The molecule has 0 saturated heterocycles. The second kappa shape index (κ2) is 8.67. The largest absolute Gasteiger partial charge is 0.383 e. The highest BCUT2D eigenvalue weighted by Crippen LogP contribution is 2.08. The standard InChI is InChI=1S/C15H24N2O2/c1-13(2)17(12-14-7-5-4-6-8-14)15(18)11-16-9-10-19-3/h4-8,13,16H,9-12H2,1-3H3. The van der Waals surface area contributed by atoms with Crippen molar-refractivity contribution in [2.24, 2.45) is 0 Å². The van der Waals surface area contributed by atoms with E-state index >= 15 is 0 Å². The molecule has 4 heteroatoms. The number of hydrogen-bond donors (Lipinski definition) is 1. The van der Waals surface area contributed by atoms with Crippen molar-refractivity contribution in [2.45, 2.75) is 26.4 Å². The summed E-state index contributed by atoms with van der Waals surface area (Å²) in [4.78, 5) is 14.1. The maximum Gasteiger partial charge on any atom is 0.237 e. The number of nitrogens with zero attached hydrogens (tertiary/aromatic N) is 1. The molecule has 106 valence electrons. The molecule has 4 nitrogen and oxygen atoms in total. The smallest absolute Gasteiger partial charge is 0.237 e. The van der Waals surface area contributed by atoms with Crippen molar-refractivity contribution in [3.8, 4) is 0 Å². The molecule has 0 atom stereocenters. The normalized spacial score (nSPS) is 10.7. The molecule has 0 unspecified atom stereocenters. The number of carbonyl (C=O) groups is 1. The molecule has 1 amide bonds. The predicted octanol–water partition coefficient (Wildman–Crippen LogP) is 1.66. The summed E-state index contributed by atoms with van der Waals surface area (Å²) in [5.41, 5.74) is 1.15. The van der Waals surface area contributed by atoms with E-state index < -0.39 is 0 Å². The predicted molar refractivity (Wildman–Crippen MR) is 76.9 cm³/mol. The van der Waals surface area contributed by atoms with E-state index in [-0.39, 0.29) is 11.9 Å². The summed E-state index contributed by atoms with van der Waals surface area (Å²) in [6, 6.07) is 10.3. The molecule has 0 saturated carbocycles. The molecule has 0 heterocycles. The zero-order chi connectivity index (χ0) is 14.1. The Hall–Kier alpha value is -1.39. The van der Waals surface area contributed by atoms with Crippen LogP contribution in [0.2, 0.25) is 0 Å². The fourth-order valence-electron chi connectivity index (χ4n) is 1.81. The monoisotopic (exact) mass is 264 g/mol. The lowest BCUT2D eigenvalue weighted by Crippen LogP contribution is -2.42. The molecule has 0 spiro atoms. The van der Waals surface area contributed by atoms with Gasteiger partial charge in [0, 0.05) is 26.2 Å². The Morgan fingerprint density at radius 1 is 1.32 bits per heavy atom. The van der Waals surface area contributed by atoms with Crippen LogP contribution in [0.5, 0.6) is 0 Å².